The minimum Gasteiger partial charge on any atom is -0.481 e. The largest absolute Gasteiger partial charge is 0.481 e. The summed E-state index contributed by atoms with van der Waals surface area (Å²) in [7, 11) is 0. The zero-order valence-corrected chi connectivity index (χ0v) is 11.4. The highest BCUT2D eigenvalue weighted by atomic mass is 35.5. The number of carboxylic acid groups (broad SMARTS) is 1. The van der Waals surface area contributed by atoms with Crippen LogP contribution in [0, 0.1) is 0 Å². The van der Waals surface area contributed by atoms with E-state index in [1.807, 2.05) is 0 Å². The molecular weight excluding hydrogens is 250 g/mol. The first-order valence-electron chi connectivity index (χ1n) is 6.19. The molecule has 1 aliphatic heterocycles. The molecule has 2 rings (SSSR count). The fourth-order valence-corrected chi connectivity index (χ4v) is 2.47. The van der Waals surface area contributed by atoms with E-state index >= 15 is 0 Å². The van der Waals surface area contributed by atoms with Gasteiger partial charge in [0, 0.05) is 19.0 Å². The molecule has 3 nitrogen and oxygen atoms in total. The van der Waals surface area contributed by atoms with Gasteiger partial charge in [0.15, 0.2) is 0 Å². The van der Waals surface area contributed by atoms with E-state index in [-0.39, 0.29) is 18.8 Å². The number of carboxylic acids is 1. The lowest BCUT2D eigenvalue weighted by Crippen LogP contribution is -2.39. The first-order valence-corrected chi connectivity index (χ1v) is 6.19. The van der Waals surface area contributed by atoms with Crippen LogP contribution in [0.25, 0.3) is 0 Å². The molecule has 18 heavy (non-hydrogen) atoms. The monoisotopic (exact) mass is 269 g/mol. The third kappa shape index (κ3) is 3.72. The SMILES string of the molecule is CC1Cc2ccccc2CN1CCCC(=O)O.Cl. The van der Waals surface area contributed by atoms with Gasteiger partial charge in [-0.2, -0.15) is 0 Å². The third-order valence-corrected chi connectivity index (χ3v) is 3.47. The van der Waals surface area contributed by atoms with Crippen molar-refractivity contribution < 1.29 is 9.90 Å². The van der Waals surface area contributed by atoms with Crippen LogP contribution in [-0.4, -0.2) is 28.6 Å². The Balaban J connectivity index is 0.00000162. The van der Waals surface area contributed by atoms with Crippen LogP contribution in [-0.2, 0) is 17.8 Å². The van der Waals surface area contributed by atoms with Gasteiger partial charge in [-0.15, -0.1) is 12.4 Å². The molecule has 0 aliphatic carbocycles. The molecular formula is C14H20ClNO2. The number of rotatable bonds is 4. The summed E-state index contributed by atoms with van der Waals surface area (Å²) in [5, 5.41) is 8.65. The van der Waals surface area contributed by atoms with Gasteiger partial charge >= 0.3 is 5.97 Å². The zero-order chi connectivity index (χ0) is 12.3. The summed E-state index contributed by atoms with van der Waals surface area (Å²) in [5.74, 6) is -0.699. The van der Waals surface area contributed by atoms with E-state index in [0.29, 0.717) is 6.04 Å². The molecule has 1 aromatic carbocycles. The number of carbonyl (C=O) groups is 1. The zero-order valence-electron chi connectivity index (χ0n) is 10.6. The second-order valence-corrected chi connectivity index (χ2v) is 4.79. The number of halogens is 1. The number of aliphatic carboxylic acids is 1. The quantitative estimate of drug-likeness (QED) is 0.914. The summed E-state index contributed by atoms with van der Waals surface area (Å²) >= 11 is 0. The van der Waals surface area contributed by atoms with Crippen LogP contribution in [0.15, 0.2) is 24.3 Å². The van der Waals surface area contributed by atoms with Crippen molar-refractivity contribution in [3.8, 4) is 0 Å². The number of fused-ring (bicyclic) bond motifs is 1. The summed E-state index contributed by atoms with van der Waals surface area (Å²) in [4.78, 5) is 12.9. The van der Waals surface area contributed by atoms with Gasteiger partial charge < -0.3 is 5.11 Å². The molecule has 0 aromatic heterocycles. The van der Waals surface area contributed by atoms with E-state index in [2.05, 4.69) is 36.1 Å². The molecule has 0 saturated heterocycles. The molecule has 0 radical (unpaired) electrons. The van der Waals surface area contributed by atoms with Gasteiger partial charge in [0.05, 0.1) is 0 Å². The van der Waals surface area contributed by atoms with Gasteiger partial charge in [0.2, 0.25) is 0 Å². The molecule has 0 saturated carbocycles. The molecule has 1 atom stereocenters. The van der Waals surface area contributed by atoms with Crippen LogP contribution in [0.5, 0.6) is 0 Å². The maximum atomic E-state index is 10.5. The first kappa shape index (κ1) is 15.0. The summed E-state index contributed by atoms with van der Waals surface area (Å²) < 4.78 is 0. The Hall–Kier alpha value is -1.06. The van der Waals surface area contributed by atoms with Crippen molar-refractivity contribution >= 4 is 18.4 Å². The summed E-state index contributed by atoms with van der Waals surface area (Å²) in [6.45, 7) is 4.05. The predicted molar refractivity (Wildman–Crippen MR) is 74.1 cm³/mol. The van der Waals surface area contributed by atoms with Gasteiger partial charge in [-0.1, -0.05) is 24.3 Å². The van der Waals surface area contributed by atoms with E-state index < -0.39 is 5.97 Å². The number of nitrogens with zero attached hydrogens (tertiary/aromatic N) is 1. The van der Waals surface area contributed by atoms with E-state index in [9.17, 15) is 4.79 Å². The Labute approximate surface area is 114 Å². The van der Waals surface area contributed by atoms with E-state index in [1.54, 1.807) is 0 Å². The van der Waals surface area contributed by atoms with Gasteiger partial charge in [-0.25, -0.2) is 0 Å². The maximum Gasteiger partial charge on any atom is 0.303 e. The lowest BCUT2D eigenvalue weighted by atomic mass is 9.95. The van der Waals surface area contributed by atoms with E-state index in [4.69, 9.17) is 5.11 Å². The Morgan fingerprint density at radius 3 is 2.72 bits per heavy atom. The highest BCUT2D eigenvalue weighted by Crippen LogP contribution is 2.23. The molecule has 100 valence electrons. The Morgan fingerprint density at radius 2 is 2.06 bits per heavy atom. The fraction of sp³-hybridized carbons (Fsp3) is 0.500. The van der Waals surface area contributed by atoms with Crippen molar-refractivity contribution in [3.63, 3.8) is 0 Å². The van der Waals surface area contributed by atoms with Gasteiger partial charge in [0.1, 0.15) is 0 Å². The third-order valence-electron chi connectivity index (χ3n) is 3.47. The summed E-state index contributed by atoms with van der Waals surface area (Å²) in [5.41, 5.74) is 2.83. The van der Waals surface area contributed by atoms with Gasteiger partial charge in [0.25, 0.3) is 0 Å². The first-order chi connectivity index (χ1) is 8.16. The molecule has 0 fully saturated rings. The molecule has 1 N–H and O–H groups in total. The smallest absolute Gasteiger partial charge is 0.303 e. The van der Waals surface area contributed by atoms with Crippen molar-refractivity contribution in [2.75, 3.05) is 6.54 Å². The van der Waals surface area contributed by atoms with Crippen molar-refractivity contribution in [1.29, 1.82) is 0 Å². The van der Waals surface area contributed by atoms with Crippen LogP contribution in [0.2, 0.25) is 0 Å². The second kappa shape index (κ2) is 6.76. The van der Waals surface area contributed by atoms with Crippen LogP contribution in [0.3, 0.4) is 0 Å². The molecule has 0 spiro atoms. The van der Waals surface area contributed by atoms with Crippen molar-refractivity contribution in [2.24, 2.45) is 0 Å². The van der Waals surface area contributed by atoms with E-state index in [1.165, 1.54) is 11.1 Å². The fourth-order valence-electron chi connectivity index (χ4n) is 2.47. The number of hydrogen-bond donors (Lipinski definition) is 1. The molecule has 4 heteroatoms. The Kier molecular flexibility index (Phi) is 5.63. The molecule has 0 amide bonds. The lowest BCUT2D eigenvalue weighted by Gasteiger charge is -2.34. The summed E-state index contributed by atoms with van der Waals surface area (Å²) in [6.07, 6.45) is 2.08. The molecule has 1 aromatic rings. The summed E-state index contributed by atoms with van der Waals surface area (Å²) in [6, 6.07) is 9.04. The minimum atomic E-state index is -0.699. The number of hydrogen-bond acceptors (Lipinski definition) is 2. The Bertz CT molecular complexity index is 409. The highest BCUT2D eigenvalue weighted by molar-refractivity contribution is 5.85. The normalized spacial score (nSPS) is 18.8. The highest BCUT2D eigenvalue weighted by Gasteiger charge is 2.21. The maximum absolute atomic E-state index is 10.5. The average Bonchev–Trinajstić information content (AvgIpc) is 2.29. The second-order valence-electron chi connectivity index (χ2n) is 4.79. The molecule has 0 bridgehead atoms. The molecule has 1 heterocycles. The molecule has 1 unspecified atom stereocenters. The number of benzene rings is 1. The van der Waals surface area contributed by atoms with Crippen molar-refractivity contribution in [1.82, 2.24) is 4.90 Å². The van der Waals surface area contributed by atoms with Crippen LogP contribution < -0.4 is 0 Å². The van der Waals surface area contributed by atoms with Crippen LogP contribution in [0.4, 0.5) is 0 Å². The topological polar surface area (TPSA) is 40.5 Å². The predicted octanol–water partition coefficient (Wildman–Crippen LogP) is 2.72. The average molecular weight is 270 g/mol. The van der Waals surface area contributed by atoms with E-state index in [0.717, 1.165) is 25.9 Å². The minimum absolute atomic E-state index is 0. The standard InChI is InChI=1S/C14H19NO2.ClH/c1-11-9-12-5-2-3-6-13(12)10-15(11)8-4-7-14(16)17;/h2-3,5-6,11H,4,7-10H2,1H3,(H,16,17);1H. The van der Waals surface area contributed by atoms with Crippen LogP contribution >= 0.6 is 12.4 Å². The Morgan fingerprint density at radius 1 is 1.39 bits per heavy atom. The van der Waals surface area contributed by atoms with Gasteiger partial charge in [-0.3, -0.25) is 9.69 Å². The van der Waals surface area contributed by atoms with Gasteiger partial charge in [-0.05, 0) is 37.4 Å². The van der Waals surface area contributed by atoms with Crippen molar-refractivity contribution in [3.05, 3.63) is 35.4 Å². The molecule has 1 aliphatic rings. The lowest BCUT2D eigenvalue weighted by molar-refractivity contribution is -0.137. The van der Waals surface area contributed by atoms with Crippen molar-refractivity contribution in [2.45, 2.75) is 38.8 Å². The van der Waals surface area contributed by atoms with Crippen LogP contribution in [0.1, 0.15) is 30.9 Å².